The number of rotatable bonds is 9. The summed E-state index contributed by atoms with van der Waals surface area (Å²) in [5, 5.41) is 3.39. The van der Waals surface area contributed by atoms with E-state index < -0.39 is 6.10 Å². The SMILES string of the molecule is CC[C@H](Oc1ccccc1Cl)C(=O)N[C@@H](C)COc1ccc(OC)cc1. The van der Waals surface area contributed by atoms with Crippen molar-refractivity contribution in [3.8, 4) is 17.2 Å². The highest BCUT2D eigenvalue weighted by Gasteiger charge is 2.21. The Kier molecular flexibility index (Phi) is 7.60. The predicted octanol–water partition coefficient (Wildman–Crippen LogP) is 4.09. The number of methoxy groups -OCH3 is 1. The van der Waals surface area contributed by atoms with Crippen molar-refractivity contribution in [3.05, 3.63) is 53.6 Å². The topological polar surface area (TPSA) is 56.8 Å². The molecule has 140 valence electrons. The van der Waals surface area contributed by atoms with Crippen molar-refractivity contribution in [2.75, 3.05) is 13.7 Å². The number of hydrogen-bond acceptors (Lipinski definition) is 4. The fourth-order valence-electron chi connectivity index (χ4n) is 2.29. The first-order valence-electron chi connectivity index (χ1n) is 8.52. The van der Waals surface area contributed by atoms with Gasteiger partial charge in [-0.1, -0.05) is 30.7 Å². The summed E-state index contributed by atoms with van der Waals surface area (Å²) >= 11 is 6.09. The molecule has 0 radical (unpaired) electrons. The normalized spacial score (nSPS) is 12.8. The molecule has 26 heavy (non-hydrogen) atoms. The second-order valence-electron chi connectivity index (χ2n) is 5.84. The van der Waals surface area contributed by atoms with Crippen molar-refractivity contribution in [1.29, 1.82) is 0 Å². The first-order valence-corrected chi connectivity index (χ1v) is 8.89. The van der Waals surface area contributed by atoms with Gasteiger partial charge >= 0.3 is 0 Å². The van der Waals surface area contributed by atoms with Crippen LogP contribution in [-0.4, -0.2) is 31.8 Å². The number of halogens is 1. The van der Waals surface area contributed by atoms with Crippen LogP contribution in [0.3, 0.4) is 0 Å². The van der Waals surface area contributed by atoms with Gasteiger partial charge in [0.2, 0.25) is 0 Å². The van der Waals surface area contributed by atoms with Crippen molar-refractivity contribution in [3.63, 3.8) is 0 Å². The van der Waals surface area contributed by atoms with E-state index in [2.05, 4.69) is 5.32 Å². The van der Waals surface area contributed by atoms with Crippen molar-refractivity contribution >= 4 is 17.5 Å². The smallest absolute Gasteiger partial charge is 0.261 e. The van der Waals surface area contributed by atoms with Gasteiger partial charge in [-0.2, -0.15) is 0 Å². The Balaban J connectivity index is 1.84. The minimum Gasteiger partial charge on any atom is -0.497 e. The van der Waals surface area contributed by atoms with E-state index in [1.54, 1.807) is 19.2 Å². The van der Waals surface area contributed by atoms with E-state index >= 15 is 0 Å². The van der Waals surface area contributed by atoms with Crippen molar-refractivity contribution in [2.45, 2.75) is 32.4 Å². The van der Waals surface area contributed by atoms with E-state index in [1.807, 2.05) is 50.2 Å². The molecule has 0 aromatic heterocycles. The van der Waals surface area contributed by atoms with E-state index in [1.165, 1.54) is 0 Å². The third kappa shape index (κ3) is 5.85. The lowest BCUT2D eigenvalue weighted by Gasteiger charge is -2.21. The average molecular weight is 378 g/mol. The molecule has 2 atom stereocenters. The van der Waals surface area contributed by atoms with Gasteiger partial charge < -0.3 is 19.5 Å². The summed E-state index contributed by atoms with van der Waals surface area (Å²) in [7, 11) is 1.61. The standard InChI is InChI=1S/C20H24ClNO4/c1-4-18(26-19-8-6-5-7-17(19)21)20(23)22-14(2)13-25-16-11-9-15(24-3)10-12-16/h5-12,14,18H,4,13H2,1-3H3,(H,22,23)/t14-,18-/m0/s1. The van der Waals surface area contributed by atoms with E-state index in [-0.39, 0.29) is 11.9 Å². The molecule has 1 N–H and O–H groups in total. The van der Waals surface area contributed by atoms with Crippen LogP contribution in [0.4, 0.5) is 0 Å². The molecule has 0 bridgehead atoms. The fraction of sp³-hybridized carbons (Fsp3) is 0.350. The second-order valence-corrected chi connectivity index (χ2v) is 6.25. The summed E-state index contributed by atoms with van der Waals surface area (Å²) < 4.78 is 16.5. The highest BCUT2D eigenvalue weighted by molar-refractivity contribution is 6.32. The summed E-state index contributed by atoms with van der Waals surface area (Å²) in [6.45, 7) is 4.11. The lowest BCUT2D eigenvalue weighted by molar-refractivity contribution is -0.128. The van der Waals surface area contributed by atoms with Crippen LogP contribution >= 0.6 is 11.6 Å². The number of hydrogen-bond donors (Lipinski definition) is 1. The third-order valence-electron chi connectivity index (χ3n) is 3.72. The molecule has 2 rings (SSSR count). The van der Waals surface area contributed by atoms with E-state index in [0.29, 0.717) is 29.5 Å². The Hall–Kier alpha value is -2.40. The number of para-hydroxylation sites is 1. The Morgan fingerprint density at radius 2 is 1.77 bits per heavy atom. The molecule has 2 aromatic carbocycles. The van der Waals surface area contributed by atoms with Gasteiger partial charge in [-0.3, -0.25) is 4.79 Å². The number of benzene rings is 2. The van der Waals surface area contributed by atoms with Crippen LogP contribution in [0, 0.1) is 0 Å². The quantitative estimate of drug-likeness (QED) is 0.715. The van der Waals surface area contributed by atoms with Gasteiger partial charge in [0.1, 0.15) is 23.9 Å². The molecule has 2 aromatic rings. The summed E-state index contributed by atoms with van der Waals surface area (Å²) in [5.41, 5.74) is 0. The first-order chi connectivity index (χ1) is 12.5. The number of carbonyl (C=O) groups excluding carboxylic acids is 1. The van der Waals surface area contributed by atoms with Crippen molar-refractivity contribution < 1.29 is 19.0 Å². The summed E-state index contributed by atoms with van der Waals surface area (Å²) in [4.78, 5) is 12.4. The van der Waals surface area contributed by atoms with Crippen LogP contribution in [-0.2, 0) is 4.79 Å². The summed E-state index contributed by atoms with van der Waals surface area (Å²) in [5.74, 6) is 1.78. The van der Waals surface area contributed by atoms with Gasteiger partial charge in [0.05, 0.1) is 18.2 Å². The Morgan fingerprint density at radius 1 is 1.12 bits per heavy atom. The molecular formula is C20H24ClNO4. The Bertz CT molecular complexity index is 705. The third-order valence-corrected chi connectivity index (χ3v) is 4.03. The lowest BCUT2D eigenvalue weighted by atomic mass is 10.2. The summed E-state index contributed by atoms with van der Waals surface area (Å²) in [6, 6.07) is 14.2. The van der Waals surface area contributed by atoms with Crippen LogP contribution in [0.25, 0.3) is 0 Å². The fourth-order valence-corrected chi connectivity index (χ4v) is 2.47. The molecule has 1 amide bonds. The van der Waals surface area contributed by atoms with Gasteiger partial charge in [-0.25, -0.2) is 0 Å². The average Bonchev–Trinajstić information content (AvgIpc) is 2.66. The largest absolute Gasteiger partial charge is 0.497 e. The molecular weight excluding hydrogens is 354 g/mol. The highest BCUT2D eigenvalue weighted by Crippen LogP contribution is 2.25. The molecule has 0 spiro atoms. The highest BCUT2D eigenvalue weighted by atomic mass is 35.5. The second kappa shape index (κ2) is 9.92. The van der Waals surface area contributed by atoms with Gasteiger partial charge in [-0.15, -0.1) is 0 Å². The van der Waals surface area contributed by atoms with Crippen LogP contribution in [0.2, 0.25) is 5.02 Å². The molecule has 6 heteroatoms. The van der Waals surface area contributed by atoms with Gasteiger partial charge in [0, 0.05) is 0 Å². The minimum absolute atomic E-state index is 0.173. The molecule has 0 aliphatic carbocycles. The van der Waals surface area contributed by atoms with Gasteiger partial charge in [-0.05, 0) is 49.7 Å². The summed E-state index contributed by atoms with van der Waals surface area (Å²) in [6.07, 6.45) is -0.0818. The minimum atomic E-state index is -0.613. The van der Waals surface area contributed by atoms with Gasteiger partial charge in [0.25, 0.3) is 5.91 Å². The van der Waals surface area contributed by atoms with Crippen LogP contribution < -0.4 is 19.5 Å². The molecule has 0 saturated carbocycles. The zero-order valence-electron chi connectivity index (χ0n) is 15.2. The maximum atomic E-state index is 12.4. The van der Waals surface area contributed by atoms with Crippen molar-refractivity contribution in [2.24, 2.45) is 0 Å². The molecule has 0 fully saturated rings. The lowest BCUT2D eigenvalue weighted by Crippen LogP contribution is -2.44. The van der Waals surface area contributed by atoms with E-state index in [0.717, 1.165) is 5.75 Å². The molecule has 0 heterocycles. The van der Waals surface area contributed by atoms with E-state index in [4.69, 9.17) is 25.8 Å². The molecule has 0 aliphatic heterocycles. The van der Waals surface area contributed by atoms with Crippen LogP contribution in [0.1, 0.15) is 20.3 Å². The number of carbonyl (C=O) groups is 1. The van der Waals surface area contributed by atoms with Crippen LogP contribution in [0.15, 0.2) is 48.5 Å². The molecule has 0 unspecified atom stereocenters. The van der Waals surface area contributed by atoms with Crippen LogP contribution in [0.5, 0.6) is 17.2 Å². The van der Waals surface area contributed by atoms with Crippen molar-refractivity contribution in [1.82, 2.24) is 5.32 Å². The Labute approximate surface area is 159 Å². The molecule has 5 nitrogen and oxygen atoms in total. The zero-order chi connectivity index (χ0) is 18.9. The number of nitrogens with one attached hydrogen (secondary N) is 1. The first kappa shape index (κ1) is 19.9. The Morgan fingerprint density at radius 3 is 2.38 bits per heavy atom. The number of amides is 1. The zero-order valence-corrected chi connectivity index (χ0v) is 16.0. The maximum Gasteiger partial charge on any atom is 0.261 e. The number of ether oxygens (including phenoxy) is 3. The monoisotopic (exact) mass is 377 g/mol. The molecule has 0 aliphatic rings. The van der Waals surface area contributed by atoms with E-state index in [9.17, 15) is 4.79 Å². The maximum absolute atomic E-state index is 12.4. The van der Waals surface area contributed by atoms with Gasteiger partial charge in [0.15, 0.2) is 6.10 Å². The molecule has 0 saturated heterocycles. The predicted molar refractivity (Wildman–Crippen MR) is 102 cm³/mol.